The van der Waals surface area contributed by atoms with Crippen molar-refractivity contribution in [1.82, 2.24) is 5.32 Å². The fourth-order valence-electron chi connectivity index (χ4n) is 5.10. The van der Waals surface area contributed by atoms with Crippen molar-refractivity contribution in [3.63, 3.8) is 0 Å². The van der Waals surface area contributed by atoms with Crippen molar-refractivity contribution in [2.75, 3.05) is 10.2 Å². The van der Waals surface area contributed by atoms with Crippen LogP contribution < -0.4 is 20.3 Å². The van der Waals surface area contributed by atoms with E-state index in [1.807, 2.05) is 0 Å². The van der Waals surface area contributed by atoms with E-state index in [1.165, 1.54) is 12.1 Å². The highest BCUT2D eigenvalue weighted by atomic mass is 35.5. The highest BCUT2D eigenvalue weighted by Gasteiger charge is 2.45. The monoisotopic (exact) mass is 591 g/mol. The van der Waals surface area contributed by atoms with Crippen LogP contribution in [-0.4, -0.2) is 41.7 Å². The molecule has 2 fully saturated rings. The van der Waals surface area contributed by atoms with Gasteiger partial charge in [-0.15, -0.1) is 0 Å². The van der Waals surface area contributed by atoms with Crippen molar-refractivity contribution in [3.8, 4) is 5.75 Å². The summed E-state index contributed by atoms with van der Waals surface area (Å²) in [5.74, 6) is -1.11. The van der Waals surface area contributed by atoms with Gasteiger partial charge in [0.05, 0.1) is 15.7 Å². The van der Waals surface area contributed by atoms with Crippen molar-refractivity contribution in [1.29, 1.82) is 0 Å². The second kappa shape index (κ2) is 11.0. The number of piperidine rings is 1. The van der Waals surface area contributed by atoms with E-state index >= 15 is 0 Å². The van der Waals surface area contributed by atoms with Gasteiger partial charge in [0.15, 0.2) is 5.60 Å². The van der Waals surface area contributed by atoms with Gasteiger partial charge in [0.2, 0.25) is 5.91 Å². The third kappa shape index (κ3) is 6.61. The van der Waals surface area contributed by atoms with Crippen LogP contribution in [0.25, 0.3) is 0 Å². The Bertz CT molecular complexity index is 1230. The Morgan fingerprint density at radius 2 is 1.71 bits per heavy atom. The van der Waals surface area contributed by atoms with Crippen LogP contribution in [0.4, 0.5) is 24.5 Å². The summed E-state index contributed by atoms with van der Waals surface area (Å²) < 4.78 is 43.4. The number of hydrogen-bond acceptors (Lipinski definition) is 4. The summed E-state index contributed by atoms with van der Waals surface area (Å²) in [5, 5.41) is 6.43. The van der Waals surface area contributed by atoms with Gasteiger partial charge >= 0.3 is 6.18 Å². The molecule has 3 atom stereocenters. The third-order valence-corrected chi connectivity index (χ3v) is 7.65. The highest BCUT2D eigenvalue weighted by molar-refractivity contribution is 6.35. The second-order valence-electron chi connectivity index (χ2n) is 10.1. The summed E-state index contributed by atoms with van der Waals surface area (Å²) in [6.45, 7) is 3.32. The van der Waals surface area contributed by atoms with Gasteiger partial charge < -0.3 is 20.3 Å². The molecule has 2 N–H and O–H groups in total. The van der Waals surface area contributed by atoms with Crippen LogP contribution in [0.3, 0.4) is 0 Å². The smallest absolute Gasteiger partial charge is 0.397 e. The SMILES string of the molecule is CC(C)(Oc1ccc(Cl)cc1Cl)C(=O)NC1CCC2CCC1N2c1ccc(NC(=O)CC(F)(F)F)cc1Cl. The summed E-state index contributed by atoms with van der Waals surface area (Å²) in [6, 6.07) is 9.46. The lowest BCUT2D eigenvalue weighted by molar-refractivity contribution is -0.150. The molecule has 3 unspecified atom stereocenters. The fraction of sp³-hybridized carbons (Fsp3) is 0.462. The van der Waals surface area contributed by atoms with Crippen molar-refractivity contribution < 1.29 is 27.5 Å². The minimum absolute atomic E-state index is 0.0317. The van der Waals surface area contributed by atoms with E-state index < -0.39 is 24.1 Å². The number of nitrogens with one attached hydrogen (secondary N) is 2. The topological polar surface area (TPSA) is 70.7 Å². The summed E-state index contributed by atoms with van der Waals surface area (Å²) in [6.07, 6.45) is -2.82. The Hall–Kier alpha value is -2.36. The van der Waals surface area contributed by atoms with Crippen LogP contribution in [0.15, 0.2) is 36.4 Å². The lowest BCUT2D eigenvalue weighted by Gasteiger charge is -2.43. The first-order valence-corrected chi connectivity index (χ1v) is 13.3. The predicted molar refractivity (Wildman–Crippen MR) is 142 cm³/mol. The molecule has 6 nitrogen and oxygen atoms in total. The first kappa shape index (κ1) is 28.6. The number of benzene rings is 2. The molecule has 0 aliphatic carbocycles. The Morgan fingerprint density at radius 3 is 2.37 bits per heavy atom. The molecule has 0 saturated carbocycles. The molecule has 0 radical (unpaired) electrons. The number of anilines is 2. The molecule has 2 aliphatic heterocycles. The first-order valence-electron chi connectivity index (χ1n) is 12.1. The average Bonchev–Trinajstić information content (AvgIpc) is 3.09. The van der Waals surface area contributed by atoms with Gasteiger partial charge in [0.25, 0.3) is 5.91 Å². The minimum Gasteiger partial charge on any atom is -0.476 e. The molecule has 0 spiro atoms. The molecule has 2 heterocycles. The molecule has 2 aromatic rings. The number of fused-ring (bicyclic) bond motifs is 2. The van der Waals surface area contributed by atoms with Crippen molar-refractivity contribution in [2.24, 2.45) is 0 Å². The lowest BCUT2D eigenvalue weighted by Crippen LogP contribution is -2.58. The molecule has 4 rings (SSSR count). The van der Waals surface area contributed by atoms with Gasteiger partial charge in [-0.1, -0.05) is 34.8 Å². The van der Waals surface area contributed by atoms with Crippen LogP contribution in [0.2, 0.25) is 15.1 Å². The number of amides is 2. The molecule has 2 aliphatic rings. The van der Waals surface area contributed by atoms with E-state index in [4.69, 9.17) is 39.5 Å². The van der Waals surface area contributed by atoms with E-state index in [-0.39, 0.29) is 29.7 Å². The molecule has 2 bridgehead atoms. The maximum absolute atomic E-state index is 13.3. The molecular weight excluding hydrogens is 566 g/mol. The maximum Gasteiger partial charge on any atom is 0.397 e. The highest BCUT2D eigenvalue weighted by Crippen LogP contribution is 2.43. The number of halogens is 6. The van der Waals surface area contributed by atoms with Gasteiger partial charge in [-0.3, -0.25) is 9.59 Å². The van der Waals surface area contributed by atoms with E-state index in [1.54, 1.807) is 38.1 Å². The van der Waals surface area contributed by atoms with Crippen molar-refractivity contribution in [2.45, 2.75) is 75.9 Å². The molecule has 12 heteroatoms. The molecule has 0 aromatic heterocycles. The van der Waals surface area contributed by atoms with E-state index in [9.17, 15) is 22.8 Å². The number of alkyl halides is 3. The molecule has 206 valence electrons. The average molecular weight is 593 g/mol. The summed E-state index contributed by atoms with van der Waals surface area (Å²) in [7, 11) is 0. The van der Waals surface area contributed by atoms with Crippen LogP contribution in [-0.2, 0) is 9.59 Å². The molecule has 2 aromatic carbocycles. The Labute approximate surface area is 233 Å². The first-order chi connectivity index (χ1) is 17.7. The Morgan fingerprint density at radius 1 is 1.00 bits per heavy atom. The zero-order valence-corrected chi connectivity index (χ0v) is 22.9. The van der Waals surface area contributed by atoms with Gasteiger partial charge in [0.1, 0.15) is 12.2 Å². The van der Waals surface area contributed by atoms with Gasteiger partial charge in [0, 0.05) is 28.8 Å². The largest absolute Gasteiger partial charge is 0.476 e. The number of rotatable bonds is 7. The van der Waals surface area contributed by atoms with Crippen LogP contribution >= 0.6 is 34.8 Å². The van der Waals surface area contributed by atoms with Gasteiger partial charge in [-0.25, -0.2) is 0 Å². The van der Waals surface area contributed by atoms with E-state index in [0.29, 0.717) is 26.5 Å². The number of ether oxygens (including phenoxy) is 1. The zero-order valence-electron chi connectivity index (χ0n) is 20.7. The number of carbonyl (C=O) groups is 2. The Balaban J connectivity index is 1.45. The summed E-state index contributed by atoms with van der Waals surface area (Å²) in [4.78, 5) is 27.1. The van der Waals surface area contributed by atoms with Crippen LogP contribution in [0.5, 0.6) is 5.75 Å². The quantitative estimate of drug-likeness (QED) is 0.363. The van der Waals surface area contributed by atoms with Crippen molar-refractivity contribution >= 4 is 58.0 Å². The van der Waals surface area contributed by atoms with E-state index in [0.717, 1.165) is 25.7 Å². The lowest BCUT2D eigenvalue weighted by atomic mass is 9.95. The molecule has 38 heavy (non-hydrogen) atoms. The van der Waals surface area contributed by atoms with Crippen molar-refractivity contribution in [3.05, 3.63) is 51.5 Å². The maximum atomic E-state index is 13.3. The zero-order chi connectivity index (χ0) is 27.8. The summed E-state index contributed by atoms with van der Waals surface area (Å²) in [5.41, 5.74) is -0.330. The molecular formula is C26H27Cl3F3N3O3. The van der Waals surface area contributed by atoms with E-state index in [2.05, 4.69) is 15.5 Å². The van der Waals surface area contributed by atoms with Gasteiger partial charge in [-0.2, -0.15) is 13.2 Å². The number of nitrogens with zero attached hydrogens (tertiary/aromatic N) is 1. The number of carbonyl (C=O) groups excluding carboxylic acids is 2. The molecule has 2 amide bonds. The normalized spacial score (nSPS) is 21.3. The van der Waals surface area contributed by atoms with Crippen LogP contribution in [0, 0.1) is 0 Å². The Kier molecular flexibility index (Phi) is 8.31. The fourth-order valence-corrected chi connectivity index (χ4v) is 5.83. The van der Waals surface area contributed by atoms with Gasteiger partial charge in [-0.05, 0) is 75.9 Å². The third-order valence-electron chi connectivity index (χ3n) is 6.81. The summed E-state index contributed by atoms with van der Waals surface area (Å²) >= 11 is 18.7. The standard InChI is InChI=1S/C26H27Cl3F3N3O3/c1-25(2,38-22-10-3-14(27)11-18(22)29)24(37)34-19-7-5-16-6-9-21(19)35(16)20-8-4-15(12-17(20)28)33-23(36)13-26(30,31)32/h3-4,8,10-12,16,19,21H,5-7,9,13H2,1-2H3,(H,33,36)(H,34,37). The predicted octanol–water partition coefficient (Wildman–Crippen LogP) is 7.01. The molecule has 2 saturated heterocycles. The van der Waals surface area contributed by atoms with Crippen LogP contribution in [0.1, 0.15) is 46.0 Å². The number of hydrogen-bond donors (Lipinski definition) is 2. The minimum atomic E-state index is -4.60. The second-order valence-corrected chi connectivity index (χ2v) is 11.3.